The maximum atomic E-state index is 11.6. The monoisotopic (exact) mass is 219 g/mol. The molecule has 1 rings (SSSR count). The second-order valence-electron chi connectivity index (χ2n) is 3.56. The first-order valence-electron chi connectivity index (χ1n) is 5.22. The number of carbonyl (C=O) groups is 1. The highest BCUT2D eigenvalue weighted by Gasteiger charge is 2.31. The molecular formula is C10H18ClNO2. The Balaban J connectivity index is 2.23. The van der Waals surface area contributed by atoms with Gasteiger partial charge in [-0.15, -0.1) is 11.6 Å². The van der Waals surface area contributed by atoms with Gasteiger partial charge in [0, 0.05) is 25.1 Å². The van der Waals surface area contributed by atoms with Crippen LogP contribution in [0.3, 0.4) is 0 Å². The zero-order valence-electron chi connectivity index (χ0n) is 8.67. The maximum Gasteiger partial charge on any atom is 0.248 e. The van der Waals surface area contributed by atoms with E-state index in [9.17, 15) is 4.79 Å². The first-order valence-corrected chi connectivity index (χ1v) is 5.76. The van der Waals surface area contributed by atoms with E-state index in [1.165, 1.54) is 0 Å². The minimum atomic E-state index is 0.0848. The van der Waals surface area contributed by atoms with E-state index in [1.54, 1.807) is 0 Å². The molecule has 0 heterocycles. The third-order valence-corrected chi connectivity index (χ3v) is 2.38. The van der Waals surface area contributed by atoms with Crippen molar-refractivity contribution in [1.82, 2.24) is 4.90 Å². The quantitative estimate of drug-likeness (QED) is 0.481. The van der Waals surface area contributed by atoms with Crippen LogP contribution in [-0.2, 0) is 9.53 Å². The van der Waals surface area contributed by atoms with E-state index >= 15 is 0 Å². The van der Waals surface area contributed by atoms with Crippen molar-refractivity contribution in [3.05, 3.63) is 0 Å². The molecule has 0 bridgehead atoms. The number of ether oxygens (including phenoxy) is 1. The third-order valence-electron chi connectivity index (χ3n) is 2.21. The molecule has 4 heteroatoms. The van der Waals surface area contributed by atoms with Gasteiger partial charge in [-0.25, -0.2) is 0 Å². The van der Waals surface area contributed by atoms with E-state index in [4.69, 9.17) is 16.3 Å². The molecular weight excluding hydrogens is 202 g/mol. The normalized spacial score (nSPS) is 15.6. The van der Waals surface area contributed by atoms with Crippen LogP contribution in [0.4, 0.5) is 0 Å². The molecule has 82 valence electrons. The fourth-order valence-corrected chi connectivity index (χ4v) is 1.56. The molecule has 0 atom stereocenters. The van der Waals surface area contributed by atoms with Crippen molar-refractivity contribution in [2.75, 3.05) is 25.6 Å². The van der Waals surface area contributed by atoms with Crippen LogP contribution >= 0.6 is 11.6 Å². The molecule has 1 amide bonds. The maximum absolute atomic E-state index is 11.6. The van der Waals surface area contributed by atoms with Crippen LogP contribution in [0, 0.1) is 0 Å². The number of alkyl halides is 1. The first kappa shape index (κ1) is 11.8. The molecule has 0 N–H and O–H groups in total. The van der Waals surface area contributed by atoms with Crippen molar-refractivity contribution in [2.24, 2.45) is 0 Å². The predicted octanol–water partition coefficient (Wildman–Crippen LogP) is 1.64. The summed E-state index contributed by atoms with van der Waals surface area (Å²) in [6.45, 7) is 3.55. The number of amides is 1. The van der Waals surface area contributed by atoms with Crippen molar-refractivity contribution in [1.29, 1.82) is 0 Å². The Morgan fingerprint density at radius 2 is 2.29 bits per heavy atom. The van der Waals surface area contributed by atoms with Crippen molar-refractivity contribution in [2.45, 2.75) is 32.2 Å². The minimum absolute atomic E-state index is 0.0848. The molecule has 0 aliphatic heterocycles. The average molecular weight is 220 g/mol. The van der Waals surface area contributed by atoms with E-state index < -0.39 is 0 Å². The second kappa shape index (κ2) is 6.25. The van der Waals surface area contributed by atoms with Crippen LogP contribution in [-0.4, -0.2) is 42.5 Å². The Kier molecular flexibility index (Phi) is 5.26. The molecule has 0 spiro atoms. The highest BCUT2D eigenvalue weighted by atomic mass is 35.5. The summed E-state index contributed by atoms with van der Waals surface area (Å²) in [5.74, 6) is 0.595. The lowest BCUT2D eigenvalue weighted by Crippen LogP contribution is -2.37. The second-order valence-corrected chi connectivity index (χ2v) is 3.94. The molecule has 0 unspecified atom stereocenters. The number of halogens is 1. The van der Waals surface area contributed by atoms with Crippen LogP contribution in [0.5, 0.6) is 0 Å². The Morgan fingerprint density at radius 3 is 2.79 bits per heavy atom. The van der Waals surface area contributed by atoms with Crippen molar-refractivity contribution in [3.8, 4) is 0 Å². The van der Waals surface area contributed by atoms with E-state index in [-0.39, 0.29) is 12.5 Å². The predicted molar refractivity (Wildman–Crippen MR) is 56.6 cm³/mol. The molecule has 1 fully saturated rings. The molecule has 1 saturated carbocycles. The van der Waals surface area contributed by atoms with E-state index in [2.05, 4.69) is 0 Å². The van der Waals surface area contributed by atoms with Crippen LogP contribution in [0.2, 0.25) is 0 Å². The first-order chi connectivity index (χ1) is 6.79. The molecule has 14 heavy (non-hydrogen) atoms. The molecule has 1 aliphatic carbocycles. The molecule has 0 aromatic heterocycles. The SMILES string of the molecule is CCCOCC(=O)N(CCCl)C1CC1. The van der Waals surface area contributed by atoms with Crippen molar-refractivity contribution in [3.63, 3.8) is 0 Å². The van der Waals surface area contributed by atoms with Crippen molar-refractivity contribution < 1.29 is 9.53 Å². The van der Waals surface area contributed by atoms with Gasteiger partial charge in [-0.2, -0.15) is 0 Å². The number of hydrogen-bond donors (Lipinski definition) is 0. The summed E-state index contributed by atoms with van der Waals surface area (Å²) in [4.78, 5) is 13.5. The van der Waals surface area contributed by atoms with Gasteiger partial charge in [-0.3, -0.25) is 4.79 Å². The summed E-state index contributed by atoms with van der Waals surface area (Å²) in [5, 5.41) is 0. The van der Waals surface area contributed by atoms with Gasteiger partial charge in [0.2, 0.25) is 5.91 Å². The zero-order valence-corrected chi connectivity index (χ0v) is 9.42. The Morgan fingerprint density at radius 1 is 1.57 bits per heavy atom. The summed E-state index contributed by atoms with van der Waals surface area (Å²) in [5.41, 5.74) is 0. The summed E-state index contributed by atoms with van der Waals surface area (Å²) in [6, 6.07) is 0.437. The fourth-order valence-electron chi connectivity index (χ4n) is 1.37. The largest absolute Gasteiger partial charge is 0.372 e. The summed E-state index contributed by atoms with van der Waals surface area (Å²) < 4.78 is 5.22. The lowest BCUT2D eigenvalue weighted by atomic mass is 10.4. The third kappa shape index (κ3) is 3.84. The van der Waals surface area contributed by atoms with E-state index in [0.717, 1.165) is 19.3 Å². The van der Waals surface area contributed by atoms with Gasteiger partial charge in [-0.05, 0) is 19.3 Å². The minimum Gasteiger partial charge on any atom is -0.372 e. The zero-order chi connectivity index (χ0) is 10.4. The highest BCUT2D eigenvalue weighted by molar-refractivity contribution is 6.18. The van der Waals surface area contributed by atoms with Crippen LogP contribution < -0.4 is 0 Å². The van der Waals surface area contributed by atoms with Gasteiger partial charge in [0.05, 0.1) is 0 Å². The molecule has 0 radical (unpaired) electrons. The number of carbonyl (C=O) groups excluding carboxylic acids is 1. The summed E-state index contributed by atoms with van der Waals surface area (Å²) >= 11 is 5.64. The molecule has 0 saturated heterocycles. The topological polar surface area (TPSA) is 29.5 Å². The van der Waals surface area contributed by atoms with Crippen LogP contribution in [0.25, 0.3) is 0 Å². The van der Waals surface area contributed by atoms with E-state index in [1.807, 2.05) is 11.8 Å². The van der Waals surface area contributed by atoms with Gasteiger partial charge in [0.15, 0.2) is 0 Å². The van der Waals surface area contributed by atoms with Gasteiger partial charge >= 0.3 is 0 Å². The average Bonchev–Trinajstić information content (AvgIpc) is 2.98. The molecule has 3 nitrogen and oxygen atoms in total. The lowest BCUT2D eigenvalue weighted by molar-refractivity contribution is -0.136. The van der Waals surface area contributed by atoms with Crippen LogP contribution in [0.1, 0.15) is 26.2 Å². The standard InChI is InChI=1S/C10H18ClNO2/c1-2-7-14-8-10(13)12(6-5-11)9-3-4-9/h9H,2-8H2,1H3. The highest BCUT2D eigenvalue weighted by Crippen LogP contribution is 2.26. The number of hydrogen-bond acceptors (Lipinski definition) is 2. The van der Waals surface area contributed by atoms with Crippen LogP contribution in [0.15, 0.2) is 0 Å². The van der Waals surface area contributed by atoms with Gasteiger partial charge in [0.1, 0.15) is 6.61 Å². The smallest absolute Gasteiger partial charge is 0.248 e. The Hall–Kier alpha value is -0.280. The lowest BCUT2D eigenvalue weighted by Gasteiger charge is -2.20. The van der Waals surface area contributed by atoms with Gasteiger partial charge < -0.3 is 9.64 Å². The van der Waals surface area contributed by atoms with Gasteiger partial charge in [0.25, 0.3) is 0 Å². The molecule has 0 aromatic carbocycles. The van der Waals surface area contributed by atoms with Crippen molar-refractivity contribution >= 4 is 17.5 Å². The Bertz CT molecular complexity index is 183. The number of nitrogens with zero attached hydrogens (tertiary/aromatic N) is 1. The summed E-state index contributed by atoms with van der Waals surface area (Å²) in [6.07, 6.45) is 3.19. The van der Waals surface area contributed by atoms with E-state index in [0.29, 0.717) is 25.1 Å². The fraction of sp³-hybridized carbons (Fsp3) is 0.900. The molecule has 1 aliphatic rings. The van der Waals surface area contributed by atoms with Gasteiger partial charge in [-0.1, -0.05) is 6.92 Å². The molecule has 0 aromatic rings. The Labute approximate surface area is 90.4 Å². The summed E-state index contributed by atoms with van der Waals surface area (Å²) in [7, 11) is 0. The number of rotatable bonds is 7.